The summed E-state index contributed by atoms with van der Waals surface area (Å²) in [7, 11) is 0. The summed E-state index contributed by atoms with van der Waals surface area (Å²) in [6.07, 6.45) is 1.76. The molecule has 7 heteroatoms. The van der Waals surface area contributed by atoms with E-state index in [0.29, 0.717) is 17.5 Å². The number of aliphatic hydroxyl groups excluding tert-OH is 2. The van der Waals surface area contributed by atoms with Gasteiger partial charge in [0.05, 0.1) is 6.61 Å². The lowest BCUT2D eigenvalue weighted by Crippen LogP contribution is -2.22. The molecule has 0 aliphatic carbocycles. The molecule has 1 aromatic carbocycles. The van der Waals surface area contributed by atoms with Gasteiger partial charge in [0.1, 0.15) is 18.5 Å². The second-order valence-corrected chi connectivity index (χ2v) is 7.44. The van der Waals surface area contributed by atoms with Gasteiger partial charge in [-0.1, -0.05) is 25.4 Å². The standard InChI is InChI=1S/C23H29N3O4/c1-5-7-19-11-18(9-15(4)24-19)23-25-22(26-30-23)17-8-14(3)21(16(6-2)10-17)29-13-20(28)12-27/h8-11,20,27-28H,5-7,12-13H2,1-4H3. The monoisotopic (exact) mass is 411 g/mol. The molecule has 0 radical (unpaired) electrons. The molecule has 0 bridgehead atoms. The van der Waals surface area contributed by atoms with E-state index >= 15 is 0 Å². The van der Waals surface area contributed by atoms with Gasteiger partial charge in [0.15, 0.2) is 0 Å². The highest BCUT2D eigenvalue weighted by Crippen LogP contribution is 2.31. The van der Waals surface area contributed by atoms with Crippen LogP contribution in [0.3, 0.4) is 0 Å². The highest BCUT2D eigenvalue weighted by molar-refractivity contribution is 5.64. The zero-order valence-corrected chi connectivity index (χ0v) is 18.0. The van der Waals surface area contributed by atoms with Crippen LogP contribution in [0.4, 0.5) is 0 Å². The lowest BCUT2D eigenvalue weighted by atomic mass is 10.0. The minimum Gasteiger partial charge on any atom is -0.490 e. The maximum Gasteiger partial charge on any atom is 0.258 e. The Bertz CT molecular complexity index is 1000. The normalized spacial score (nSPS) is 12.2. The fourth-order valence-corrected chi connectivity index (χ4v) is 3.38. The van der Waals surface area contributed by atoms with Crippen molar-refractivity contribution in [3.8, 4) is 28.6 Å². The summed E-state index contributed by atoms with van der Waals surface area (Å²) in [4.78, 5) is 9.16. The molecule has 2 heterocycles. The Morgan fingerprint density at radius 3 is 2.57 bits per heavy atom. The molecule has 3 aromatic rings. The van der Waals surface area contributed by atoms with Crippen molar-refractivity contribution >= 4 is 0 Å². The molecule has 2 aromatic heterocycles. The molecule has 2 N–H and O–H groups in total. The second kappa shape index (κ2) is 9.82. The summed E-state index contributed by atoms with van der Waals surface area (Å²) in [5, 5.41) is 22.8. The first-order chi connectivity index (χ1) is 14.4. The third-order valence-corrected chi connectivity index (χ3v) is 4.81. The SMILES string of the molecule is CCCc1cc(-c2nc(-c3cc(C)c(OCC(O)CO)c(CC)c3)no2)cc(C)n1. The molecule has 30 heavy (non-hydrogen) atoms. The number of benzene rings is 1. The van der Waals surface area contributed by atoms with Crippen LogP contribution in [0.15, 0.2) is 28.8 Å². The number of hydrogen-bond acceptors (Lipinski definition) is 7. The minimum absolute atomic E-state index is 0.0392. The number of pyridine rings is 1. The summed E-state index contributed by atoms with van der Waals surface area (Å²) >= 11 is 0. The molecule has 1 unspecified atom stereocenters. The quantitative estimate of drug-likeness (QED) is 0.554. The smallest absolute Gasteiger partial charge is 0.258 e. The average molecular weight is 412 g/mol. The van der Waals surface area contributed by atoms with Gasteiger partial charge in [0, 0.05) is 22.5 Å². The fourth-order valence-electron chi connectivity index (χ4n) is 3.38. The number of aliphatic hydroxyl groups is 2. The summed E-state index contributed by atoms with van der Waals surface area (Å²) in [5.41, 5.74) is 5.54. The maximum absolute atomic E-state index is 9.58. The Labute approximate surface area is 176 Å². The van der Waals surface area contributed by atoms with Crippen LogP contribution in [0.2, 0.25) is 0 Å². The number of nitrogens with zero attached hydrogens (tertiary/aromatic N) is 3. The number of rotatable bonds is 9. The number of aromatic nitrogens is 3. The van der Waals surface area contributed by atoms with Gasteiger partial charge in [0.2, 0.25) is 5.82 Å². The third kappa shape index (κ3) is 5.04. The molecular weight excluding hydrogens is 382 g/mol. The topological polar surface area (TPSA) is 102 Å². The van der Waals surface area contributed by atoms with E-state index in [-0.39, 0.29) is 13.2 Å². The zero-order valence-electron chi connectivity index (χ0n) is 18.0. The van der Waals surface area contributed by atoms with Crippen LogP contribution in [0.1, 0.15) is 42.8 Å². The molecular formula is C23H29N3O4. The number of hydrogen-bond donors (Lipinski definition) is 2. The molecule has 0 fully saturated rings. The predicted octanol–water partition coefficient (Wildman–Crippen LogP) is 3.66. The van der Waals surface area contributed by atoms with Gasteiger partial charge < -0.3 is 19.5 Å². The van der Waals surface area contributed by atoms with Gasteiger partial charge in [-0.25, -0.2) is 0 Å². The van der Waals surface area contributed by atoms with Gasteiger partial charge >= 0.3 is 0 Å². The lowest BCUT2D eigenvalue weighted by molar-refractivity contribution is 0.0531. The molecule has 0 aliphatic rings. The van der Waals surface area contributed by atoms with E-state index in [1.807, 2.05) is 45.0 Å². The Morgan fingerprint density at radius 2 is 1.87 bits per heavy atom. The molecule has 7 nitrogen and oxygen atoms in total. The van der Waals surface area contributed by atoms with E-state index in [0.717, 1.165) is 52.9 Å². The Kier molecular flexibility index (Phi) is 7.18. The zero-order chi connectivity index (χ0) is 21.7. The highest BCUT2D eigenvalue weighted by Gasteiger charge is 2.16. The van der Waals surface area contributed by atoms with E-state index in [9.17, 15) is 5.11 Å². The molecule has 160 valence electrons. The third-order valence-electron chi connectivity index (χ3n) is 4.81. The van der Waals surface area contributed by atoms with Crippen LogP contribution in [0, 0.1) is 13.8 Å². The first-order valence-corrected chi connectivity index (χ1v) is 10.3. The molecule has 0 aliphatic heterocycles. The van der Waals surface area contributed by atoms with Crippen LogP contribution in [0.25, 0.3) is 22.8 Å². The van der Waals surface area contributed by atoms with E-state index in [2.05, 4.69) is 22.0 Å². The maximum atomic E-state index is 9.58. The largest absolute Gasteiger partial charge is 0.490 e. The van der Waals surface area contributed by atoms with Crippen LogP contribution in [-0.2, 0) is 12.8 Å². The summed E-state index contributed by atoms with van der Waals surface area (Å²) < 4.78 is 11.3. The Morgan fingerprint density at radius 1 is 1.07 bits per heavy atom. The van der Waals surface area contributed by atoms with Crippen molar-refractivity contribution in [1.82, 2.24) is 15.1 Å². The van der Waals surface area contributed by atoms with Crippen molar-refractivity contribution in [3.05, 3.63) is 46.8 Å². The first-order valence-electron chi connectivity index (χ1n) is 10.3. The fraction of sp³-hybridized carbons (Fsp3) is 0.435. The molecule has 0 amide bonds. The van der Waals surface area contributed by atoms with E-state index in [4.69, 9.17) is 14.4 Å². The van der Waals surface area contributed by atoms with Gasteiger partial charge in [0.25, 0.3) is 5.89 Å². The molecule has 1 atom stereocenters. The van der Waals surface area contributed by atoms with Crippen LogP contribution in [-0.4, -0.2) is 44.7 Å². The van der Waals surface area contributed by atoms with Gasteiger partial charge in [-0.05, 0) is 62.1 Å². The molecule has 0 saturated carbocycles. The molecule has 0 saturated heterocycles. The first kappa shape index (κ1) is 21.9. The molecule has 3 rings (SSSR count). The van der Waals surface area contributed by atoms with E-state index in [1.54, 1.807) is 0 Å². The van der Waals surface area contributed by atoms with E-state index in [1.165, 1.54) is 0 Å². The summed E-state index contributed by atoms with van der Waals surface area (Å²) in [5.74, 6) is 1.69. The Hall–Kier alpha value is -2.77. The highest BCUT2D eigenvalue weighted by atomic mass is 16.5. The minimum atomic E-state index is -0.907. The van der Waals surface area contributed by atoms with Crippen molar-refractivity contribution < 1.29 is 19.5 Å². The number of aryl methyl sites for hydroxylation is 4. The average Bonchev–Trinajstić information content (AvgIpc) is 3.22. The predicted molar refractivity (Wildman–Crippen MR) is 114 cm³/mol. The van der Waals surface area contributed by atoms with Gasteiger partial charge in [-0.15, -0.1) is 0 Å². The van der Waals surface area contributed by atoms with Crippen LogP contribution < -0.4 is 4.74 Å². The van der Waals surface area contributed by atoms with E-state index < -0.39 is 6.10 Å². The van der Waals surface area contributed by atoms with Crippen molar-refractivity contribution in [3.63, 3.8) is 0 Å². The second-order valence-electron chi connectivity index (χ2n) is 7.44. The number of ether oxygens (including phenoxy) is 1. The van der Waals surface area contributed by atoms with Crippen molar-refractivity contribution in [1.29, 1.82) is 0 Å². The summed E-state index contributed by atoms with van der Waals surface area (Å²) in [6.45, 7) is 7.76. The summed E-state index contributed by atoms with van der Waals surface area (Å²) in [6, 6.07) is 7.86. The van der Waals surface area contributed by atoms with Gasteiger partial charge in [-0.3, -0.25) is 4.98 Å². The van der Waals surface area contributed by atoms with Crippen LogP contribution in [0.5, 0.6) is 5.75 Å². The van der Waals surface area contributed by atoms with Crippen LogP contribution >= 0.6 is 0 Å². The van der Waals surface area contributed by atoms with Crippen molar-refractivity contribution in [2.45, 2.75) is 53.1 Å². The lowest BCUT2D eigenvalue weighted by Gasteiger charge is -2.16. The van der Waals surface area contributed by atoms with Crippen molar-refractivity contribution in [2.24, 2.45) is 0 Å². The Balaban J connectivity index is 1.91. The van der Waals surface area contributed by atoms with Gasteiger partial charge in [-0.2, -0.15) is 4.98 Å². The van der Waals surface area contributed by atoms with Crippen molar-refractivity contribution in [2.75, 3.05) is 13.2 Å². The molecule has 0 spiro atoms.